The van der Waals surface area contributed by atoms with E-state index in [0.29, 0.717) is 17.1 Å². The summed E-state index contributed by atoms with van der Waals surface area (Å²) in [6.07, 6.45) is 3.74. The lowest BCUT2D eigenvalue weighted by Gasteiger charge is -2.21. The summed E-state index contributed by atoms with van der Waals surface area (Å²) < 4.78 is 11.0. The maximum atomic E-state index is 12.7. The topological polar surface area (TPSA) is 72.5 Å². The van der Waals surface area contributed by atoms with Gasteiger partial charge in [-0.3, -0.25) is 4.79 Å². The Labute approximate surface area is 147 Å². The molecule has 6 nitrogen and oxygen atoms in total. The van der Waals surface area contributed by atoms with E-state index in [-0.39, 0.29) is 18.1 Å². The van der Waals surface area contributed by atoms with Crippen molar-refractivity contribution in [3.63, 3.8) is 0 Å². The fourth-order valence-electron chi connectivity index (χ4n) is 2.94. The third-order valence-corrected chi connectivity index (χ3v) is 4.29. The van der Waals surface area contributed by atoms with Gasteiger partial charge >= 0.3 is 0 Å². The number of amides is 1. The number of methoxy groups -OCH3 is 1. The molecule has 2 atom stereocenters. The Bertz CT molecular complexity index is 729. The smallest absolute Gasteiger partial charge is 0.255 e. The van der Waals surface area contributed by atoms with Crippen LogP contribution in [-0.4, -0.2) is 36.8 Å². The second kappa shape index (κ2) is 7.98. The monoisotopic (exact) mass is 341 g/mol. The molecule has 1 amide bonds. The average Bonchev–Trinajstić information content (AvgIpc) is 3.17. The van der Waals surface area contributed by atoms with E-state index in [2.05, 4.69) is 15.6 Å². The first-order chi connectivity index (χ1) is 12.2. The van der Waals surface area contributed by atoms with Crippen molar-refractivity contribution in [3.05, 3.63) is 48.2 Å². The average molecular weight is 341 g/mol. The number of anilines is 2. The zero-order valence-electron chi connectivity index (χ0n) is 14.5. The summed E-state index contributed by atoms with van der Waals surface area (Å²) in [4.78, 5) is 17.0. The predicted octanol–water partition coefficient (Wildman–Crippen LogP) is 3.13. The largest absolute Gasteiger partial charge is 0.495 e. The Morgan fingerprint density at radius 1 is 1.32 bits per heavy atom. The van der Waals surface area contributed by atoms with Crippen molar-refractivity contribution in [3.8, 4) is 5.75 Å². The molecule has 0 saturated carbocycles. The Morgan fingerprint density at radius 2 is 2.16 bits per heavy atom. The van der Waals surface area contributed by atoms with E-state index >= 15 is 0 Å². The molecule has 0 spiro atoms. The summed E-state index contributed by atoms with van der Waals surface area (Å²) in [5, 5.41) is 6.21. The van der Waals surface area contributed by atoms with Gasteiger partial charge in [-0.05, 0) is 44.0 Å². The number of carbonyl (C=O) groups is 1. The number of ether oxygens (including phenoxy) is 2. The van der Waals surface area contributed by atoms with Gasteiger partial charge in [0.05, 0.1) is 30.5 Å². The Balaban J connectivity index is 1.77. The van der Waals surface area contributed by atoms with Crippen LogP contribution in [0.5, 0.6) is 5.75 Å². The number of hydrogen-bond acceptors (Lipinski definition) is 5. The van der Waals surface area contributed by atoms with Gasteiger partial charge in [0, 0.05) is 12.8 Å². The molecule has 1 fully saturated rings. The van der Waals surface area contributed by atoms with E-state index in [1.54, 1.807) is 25.4 Å². The predicted molar refractivity (Wildman–Crippen MR) is 96.4 cm³/mol. The first-order valence-corrected chi connectivity index (χ1v) is 8.46. The molecule has 0 aliphatic carbocycles. The number of rotatable bonds is 6. The summed E-state index contributed by atoms with van der Waals surface area (Å²) in [5.74, 6) is 1.00. The van der Waals surface area contributed by atoms with Gasteiger partial charge in [-0.2, -0.15) is 0 Å². The molecule has 1 aromatic heterocycles. The molecule has 1 saturated heterocycles. The van der Waals surface area contributed by atoms with E-state index in [1.165, 1.54) is 0 Å². The molecule has 2 aromatic rings. The van der Waals surface area contributed by atoms with Gasteiger partial charge in [0.25, 0.3) is 5.91 Å². The zero-order chi connectivity index (χ0) is 17.6. The van der Waals surface area contributed by atoms with Crippen molar-refractivity contribution in [1.82, 2.24) is 10.3 Å². The van der Waals surface area contributed by atoms with Crippen LogP contribution in [0.1, 0.15) is 30.1 Å². The van der Waals surface area contributed by atoms with Crippen LogP contribution < -0.4 is 15.4 Å². The van der Waals surface area contributed by atoms with Crippen molar-refractivity contribution < 1.29 is 14.3 Å². The Morgan fingerprint density at radius 3 is 2.92 bits per heavy atom. The molecular formula is C19H23N3O3. The molecule has 2 heterocycles. The highest BCUT2D eigenvalue weighted by atomic mass is 16.5. The number of hydrogen-bond donors (Lipinski definition) is 2. The first kappa shape index (κ1) is 17.2. The Kier molecular flexibility index (Phi) is 5.50. The summed E-state index contributed by atoms with van der Waals surface area (Å²) >= 11 is 0. The maximum absolute atomic E-state index is 12.7. The molecule has 0 bridgehead atoms. The lowest BCUT2D eigenvalue weighted by Crippen LogP contribution is -2.41. The van der Waals surface area contributed by atoms with E-state index in [1.807, 2.05) is 31.2 Å². The van der Waals surface area contributed by atoms with Gasteiger partial charge < -0.3 is 20.1 Å². The van der Waals surface area contributed by atoms with E-state index in [0.717, 1.165) is 25.1 Å². The lowest BCUT2D eigenvalue weighted by atomic mass is 10.1. The SMILES string of the molecule is COc1ccccc1Nc1ncccc1C(=O)N[C@@H](C)[C@H]1CCCO1. The number of benzene rings is 1. The lowest BCUT2D eigenvalue weighted by molar-refractivity contribution is 0.0712. The van der Waals surface area contributed by atoms with Gasteiger partial charge in [0.15, 0.2) is 0 Å². The summed E-state index contributed by atoms with van der Waals surface area (Å²) in [7, 11) is 1.61. The van der Waals surface area contributed by atoms with E-state index in [9.17, 15) is 4.79 Å². The number of pyridine rings is 1. The van der Waals surface area contributed by atoms with Gasteiger partial charge in [-0.1, -0.05) is 12.1 Å². The molecular weight excluding hydrogens is 318 g/mol. The second-order valence-electron chi connectivity index (χ2n) is 6.04. The first-order valence-electron chi connectivity index (χ1n) is 8.46. The highest BCUT2D eigenvalue weighted by Gasteiger charge is 2.25. The van der Waals surface area contributed by atoms with Crippen LogP contribution in [0.3, 0.4) is 0 Å². The number of aromatic nitrogens is 1. The van der Waals surface area contributed by atoms with Crippen LogP contribution in [0.4, 0.5) is 11.5 Å². The third-order valence-electron chi connectivity index (χ3n) is 4.29. The summed E-state index contributed by atoms with van der Waals surface area (Å²) in [5.41, 5.74) is 1.24. The second-order valence-corrected chi connectivity index (χ2v) is 6.04. The van der Waals surface area contributed by atoms with Crippen LogP contribution in [0.2, 0.25) is 0 Å². The standard InChI is InChI=1S/C19H23N3O3/c1-13(16-10-6-12-25-16)21-19(23)14-7-5-11-20-18(14)22-15-8-3-4-9-17(15)24-2/h3-5,7-9,11,13,16H,6,10,12H2,1-2H3,(H,20,22)(H,21,23)/t13-,16+/m0/s1. The minimum absolute atomic E-state index is 0.0469. The third kappa shape index (κ3) is 4.09. The molecule has 1 aliphatic heterocycles. The minimum Gasteiger partial charge on any atom is -0.495 e. The van der Waals surface area contributed by atoms with Crippen molar-refractivity contribution in [1.29, 1.82) is 0 Å². The molecule has 0 unspecified atom stereocenters. The minimum atomic E-state index is -0.173. The van der Waals surface area contributed by atoms with E-state index < -0.39 is 0 Å². The number of nitrogens with zero attached hydrogens (tertiary/aromatic N) is 1. The quantitative estimate of drug-likeness (QED) is 0.844. The van der Waals surface area contributed by atoms with Gasteiger partial charge in [0.2, 0.25) is 0 Å². The summed E-state index contributed by atoms with van der Waals surface area (Å²) in [6.45, 7) is 2.73. The molecule has 0 radical (unpaired) electrons. The van der Waals surface area contributed by atoms with Gasteiger partial charge in [-0.15, -0.1) is 0 Å². The molecule has 132 valence electrons. The highest BCUT2D eigenvalue weighted by Crippen LogP contribution is 2.27. The number of nitrogens with one attached hydrogen (secondary N) is 2. The summed E-state index contributed by atoms with van der Waals surface area (Å²) in [6, 6.07) is 11.0. The molecule has 2 N–H and O–H groups in total. The van der Waals surface area contributed by atoms with Crippen LogP contribution in [-0.2, 0) is 4.74 Å². The zero-order valence-corrected chi connectivity index (χ0v) is 14.5. The van der Waals surface area contributed by atoms with Crippen LogP contribution in [0, 0.1) is 0 Å². The molecule has 1 aromatic carbocycles. The molecule has 25 heavy (non-hydrogen) atoms. The maximum Gasteiger partial charge on any atom is 0.255 e. The van der Waals surface area contributed by atoms with Crippen molar-refractivity contribution in [2.75, 3.05) is 19.0 Å². The van der Waals surface area contributed by atoms with Gasteiger partial charge in [-0.25, -0.2) is 4.98 Å². The number of para-hydroxylation sites is 2. The van der Waals surface area contributed by atoms with Crippen molar-refractivity contribution in [2.45, 2.75) is 31.9 Å². The van der Waals surface area contributed by atoms with Crippen molar-refractivity contribution in [2.24, 2.45) is 0 Å². The number of carbonyl (C=O) groups excluding carboxylic acids is 1. The fraction of sp³-hybridized carbons (Fsp3) is 0.368. The van der Waals surface area contributed by atoms with Crippen LogP contribution in [0.25, 0.3) is 0 Å². The Hall–Kier alpha value is -2.60. The molecule has 1 aliphatic rings. The van der Waals surface area contributed by atoms with Crippen molar-refractivity contribution >= 4 is 17.4 Å². The highest BCUT2D eigenvalue weighted by molar-refractivity contribution is 5.99. The van der Waals surface area contributed by atoms with Crippen LogP contribution in [0.15, 0.2) is 42.6 Å². The van der Waals surface area contributed by atoms with E-state index in [4.69, 9.17) is 9.47 Å². The van der Waals surface area contributed by atoms with Crippen LogP contribution >= 0.6 is 0 Å². The normalized spacial score (nSPS) is 17.8. The van der Waals surface area contributed by atoms with Gasteiger partial charge in [0.1, 0.15) is 11.6 Å². The molecule has 3 rings (SSSR count). The fourth-order valence-corrected chi connectivity index (χ4v) is 2.94. The molecule has 6 heteroatoms.